The summed E-state index contributed by atoms with van der Waals surface area (Å²) in [5.41, 5.74) is 2.80. The number of carbonyl (C=O) groups excluding carboxylic acids is 2. The van der Waals surface area contributed by atoms with Crippen molar-refractivity contribution in [1.82, 2.24) is 20.0 Å². The Morgan fingerprint density at radius 2 is 2.00 bits per heavy atom. The van der Waals surface area contributed by atoms with Crippen LogP contribution in [-0.2, 0) is 16.0 Å². The lowest BCUT2D eigenvalue weighted by Gasteiger charge is -2.30. The minimum absolute atomic E-state index is 0.0121. The van der Waals surface area contributed by atoms with E-state index in [2.05, 4.69) is 15.3 Å². The molecule has 1 aromatic carbocycles. The SMILES string of the molecule is Cc1cc(CC(=O)NCC2CCN(CC=O)CC2)nn1-c1ccccc1. The van der Waals surface area contributed by atoms with Crippen LogP contribution in [0.15, 0.2) is 36.4 Å². The molecule has 0 spiro atoms. The number of amides is 1. The van der Waals surface area contributed by atoms with Crippen molar-refractivity contribution in [1.29, 1.82) is 0 Å². The molecule has 2 heterocycles. The van der Waals surface area contributed by atoms with Crippen molar-refractivity contribution in [2.45, 2.75) is 26.2 Å². The maximum Gasteiger partial charge on any atom is 0.226 e. The van der Waals surface area contributed by atoms with E-state index in [0.717, 1.165) is 49.3 Å². The van der Waals surface area contributed by atoms with Gasteiger partial charge in [0.15, 0.2) is 0 Å². The highest BCUT2D eigenvalue weighted by Gasteiger charge is 2.19. The fraction of sp³-hybridized carbons (Fsp3) is 0.450. The van der Waals surface area contributed by atoms with Crippen molar-refractivity contribution in [3.05, 3.63) is 47.8 Å². The Bertz CT molecular complexity index is 734. The molecule has 0 unspecified atom stereocenters. The molecule has 1 aliphatic rings. The molecule has 0 aliphatic carbocycles. The van der Waals surface area contributed by atoms with Crippen molar-refractivity contribution >= 4 is 12.2 Å². The van der Waals surface area contributed by atoms with Gasteiger partial charge in [0.2, 0.25) is 5.91 Å². The van der Waals surface area contributed by atoms with Crippen molar-refractivity contribution in [3.63, 3.8) is 0 Å². The number of nitrogens with zero attached hydrogens (tertiary/aromatic N) is 3. The second kappa shape index (κ2) is 8.76. The lowest BCUT2D eigenvalue weighted by atomic mass is 9.97. The fourth-order valence-electron chi connectivity index (χ4n) is 3.42. The van der Waals surface area contributed by atoms with E-state index in [-0.39, 0.29) is 5.91 Å². The number of aldehydes is 1. The number of benzene rings is 1. The maximum atomic E-state index is 12.3. The number of aryl methyl sites for hydroxylation is 1. The lowest BCUT2D eigenvalue weighted by Crippen LogP contribution is -2.39. The zero-order valence-electron chi connectivity index (χ0n) is 15.2. The van der Waals surface area contributed by atoms with Crippen molar-refractivity contribution in [2.24, 2.45) is 5.92 Å². The standard InChI is InChI=1S/C20H26N4O2/c1-16-13-18(22-24(16)19-5-3-2-4-6-19)14-20(26)21-15-17-7-9-23(10-8-17)11-12-25/h2-6,12-13,17H,7-11,14-15H2,1H3,(H,21,26). The molecule has 0 radical (unpaired) electrons. The average Bonchev–Trinajstić information content (AvgIpc) is 3.02. The van der Waals surface area contributed by atoms with Crippen LogP contribution < -0.4 is 5.32 Å². The topological polar surface area (TPSA) is 67.2 Å². The smallest absolute Gasteiger partial charge is 0.226 e. The van der Waals surface area contributed by atoms with Crippen LogP contribution in [0.5, 0.6) is 0 Å². The molecule has 3 rings (SSSR count). The molecule has 1 amide bonds. The Hall–Kier alpha value is -2.47. The van der Waals surface area contributed by atoms with Gasteiger partial charge in [-0.25, -0.2) is 4.68 Å². The van der Waals surface area contributed by atoms with Gasteiger partial charge in [-0.15, -0.1) is 0 Å². The van der Waals surface area contributed by atoms with Crippen LogP contribution in [0.4, 0.5) is 0 Å². The summed E-state index contributed by atoms with van der Waals surface area (Å²) in [7, 11) is 0. The molecule has 1 fully saturated rings. The van der Waals surface area contributed by atoms with E-state index in [9.17, 15) is 9.59 Å². The monoisotopic (exact) mass is 354 g/mol. The molecule has 6 heteroatoms. The highest BCUT2D eigenvalue weighted by Crippen LogP contribution is 2.16. The van der Waals surface area contributed by atoms with Gasteiger partial charge in [-0.2, -0.15) is 5.10 Å². The molecule has 138 valence electrons. The zero-order valence-corrected chi connectivity index (χ0v) is 15.2. The summed E-state index contributed by atoms with van der Waals surface area (Å²) in [5.74, 6) is 0.503. The molecule has 1 aromatic heterocycles. The lowest BCUT2D eigenvalue weighted by molar-refractivity contribution is -0.120. The van der Waals surface area contributed by atoms with Crippen LogP contribution in [0, 0.1) is 12.8 Å². The third-order valence-corrected chi connectivity index (χ3v) is 4.91. The molecule has 26 heavy (non-hydrogen) atoms. The van der Waals surface area contributed by atoms with Crippen LogP contribution in [-0.4, -0.2) is 53.1 Å². The molecule has 2 aromatic rings. The van der Waals surface area contributed by atoms with Gasteiger partial charge >= 0.3 is 0 Å². The third-order valence-electron chi connectivity index (χ3n) is 4.91. The first-order chi connectivity index (χ1) is 12.7. The van der Waals surface area contributed by atoms with Crippen LogP contribution in [0.2, 0.25) is 0 Å². The number of piperidine rings is 1. The number of nitrogens with one attached hydrogen (secondary N) is 1. The summed E-state index contributed by atoms with van der Waals surface area (Å²) < 4.78 is 1.87. The van der Waals surface area contributed by atoms with Crippen molar-refractivity contribution < 1.29 is 9.59 Å². The number of hydrogen-bond acceptors (Lipinski definition) is 4. The molecular weight excluding hydrogens is 328 g/mol. The number of likely N-dealkylation sites (tertiary alicyclic amines) is 1. The summed E-state index contributed by atoms with van der Waals surface area (Å²) in [6.07, 6.45) is 3.30. The largest absolute Gasteiger partial charge is 0.355 e. The Morgan fingerprint density at radius 1 is 1.27 bits per heavy atom. The quantitative estimate of drug-likeness (QED) is 0.769. The van der Waals surface area contributed by atoms with E-state index < -0.39 is 0 Å². The first kappa shape index (κ1) is 18.3. The fourth-order valence-corrected chi connectivity index (χ4v) is 3.42. The van der Waals surface area contributed by atoms with E-state index in [4.69, 9.17) is 0 Å². The molecule has 1 N–H and O–H groups in total. The van der Waals surface area contributed by atoms with Crippen LogP contribution in [0.1, 0.15) is 24.2 Å². The molecule has 0 bridgehead atoms. The van der Waals surface area contributed by atoms with E-state index >= 15 is 0 Å². The average molecular weight is 354 g/mol. The number of carbonyl (C=O) groups is 2. The minimum Gasteiger partial charge on any atom is -0.355 e. The Kier molecular flexibility index (Phi) is 6.17. The maximum absolute atomic E-state index is 12.3. The predicted octanol–water partition coefficient (Wildman–Crippen LogP) is 1.75. The summed E-state index contributed by atoms with van der Waals surface area (Å²) in [6.45, 7) is 5.07. The first-order valence-corrected chi connectivity index (χ1v) is 9.19. The molecule has 1 saturated heterocycles. The normalized spacial score (nSPS) is 15.7. The van der Waals surface area contributed by atoms with E-state index in [0.29, 0.717) is 25.4 Å². The van der Waals surface area contributed by atoms with E-state index in [1.165, 1.54) is 0 Å². The third kappa shape index (κ3) is 4.79. The second-order valence-electron chi connectivity index (χ2n) is 6.92. The molecule has 0 saturated carbocycles. The molecule has 6 nitrogen and oxygen atoms in total. The van der Waals surface area contributed by atoms with Crippen LogP contribution in [0.3, 0.4) is 0 Å². The van der Waals surface area contributed by atoms with Crippen molar-refractivity contribution in [3.8, 4) is 5.69 Å². The predicted molar refractivity (Wildman–Crippen MR) is 100 cm³/mol. The van der Waals surface area contributed by atoms with Gasteiger partial charge in [0.05, 0.1) is 24.3 Å². The van der Waals surface area contributed by atoms with Gasteiger partial charge < -0.3 is 10.1 Å². The zero-order chi connectivity index (χ0) is 18.4. The van der Waals surface area contributed by atoms with Crippen LogP contribution >= 0.6 is 0 Å². The number of hydrogen-bond donors (Lipinski definition) is 1. The summed E-state index contributed by atoms with van der Waals surface area (Å²) in [4.78, 5) is 25.0. The summed E-state index contributed by atoms with van der Waals surface area (Å²) >= 11 is 0. The van der Waals surface area contributed by atoms with Gasteiger partial charge in [-0.3, -0.25) is 9.69 Å². The van der Waals surface area contributed by atoms with Gasteiger partial charge in [0.25, 0.3) is 0 Å². The minimum atomic E-state index is 0.0121. The molecule has 0 atom stereocenters. The summed E-state index contributed by atoms with van der Waals surface area (Å²) in [6, 6.07) is 11.9. The van der Waals surface area contributed by atoms with Gasteiger partial charge in [-0.1, -0.05) is 18.2 Å². The Morgan fingerprint density at radius 3 is 2.69 bits per heavy atom. The number of aromatic nitrogens is 2. The van der Waals surface area contributed by atoms with Crippen molar-refractivity contribution in [2.75, 3.05) is 26.2 Å². The van der Waals surface area contributed by atoms with Crippen LogP contribution in [0.25, 0.3) is 5.69 Å². The highest BCUT2D eigenvalue weighted by atomic mass is 16.1. The highest BCUT2D eigenvalue weighted by molar-refractivity contribution is 5.78. The Balaban J connectivity index is 1.48. The second-order valence-corrected chi connectivity index (χ2v) is 6.92. The van der Waals surface area contributed by atoms with Gasteiger partial charge in [0, 0.05) is 12.2 Å². The summed E-state index contributed by atoms with van der Waals surface area (Å²) in [5, 5.41) is 7.60. The first-order valence-electron chi connectivity index (χ1n) is 9.19. The number of para-hydroxylation sites is 1. The molecule has 1 aliphatic heterocycles. The van der Waals surface area contributed by atoms with Gasteiger partial charge in [0.1, 0.15) is 6.29 Å². The van der Waals surface area contributed by atoms with E-state index in [1.54, 1.807) is 0 Å². The Labute approximate surface area is 154 Å². The van der Waals surface area contributed by atoms with Gasteiger partial charge in [-0.05, 0) is 57.0 Å². The number of rotatable bonds is 7. The van der Waals surface area contributed by atoms with E-state index in [1.807, 2.05) is 48.0 Å². The molecular formula is C20H26N4O2.